The van der Waals surface area contributed by atoms with Gasteiger partial charge in [-0.15, -0.1) is 0 Å². The lowest BCUT2D eigenvalue weighted by molar-refractivity contribution is -0.121. The average Bonchev–Trinajstić information content (AvgIpc) is 1.87. The van der Waals surface area contributed by atoms with Crippen LogP contribution in [0, 0.1) is 0 Å². The van der Waals surface area contributed by atoms with Crippen LogP contribution in [0.4, 0.5) is 0 Å². The molecule has 0 aliphatic carbocycles. The van der Waals surface area contributed by atoms with Gasteiger partial charge in [0.25, 0.3) is 0 Å². The predicted molar refractivity (Wildman–Crippen MR) is 43.9 cm³/mol. The second-order valence-corrected chi connectivity index (χ2v) is 2.68. The van der Waals surface area contributed by atoms with Gasteiger partial charge < -0.3 is 5.32 Å². The number of nitrogens with one attached hydrogen (secondary N) is 1. The molecule has 0 rings (SSSR count). The Balaban J connectivity index is 0. The van der Waals surface area contributed by atoms with Crippen LogP contribution in [0.3, 0.4) is 0 Å². The molecular formula is C7H18N2O. The van der Waals surface area contributed by atoms with Crippen molar-refractivity contribution >= 4 is 5.91 Å². The van der Waals surface area contributed by atoms with Crippen molar-refractivity contribution < 1.29 is 6.22 Å². The molecule has 0 saturated carbocycles. The molecule has 3 heteroatoms. The van der Waals surface area contributed by atoms with Crippen molar-refractivity contribution in [3.05, 3.63) is 0 Å². The molecule has 3 nitrogen and oxygen atoms in total. The second-order valence-electron chi connectivity index (χ2n) is 2.68. The summed E-state index contributed by atoms with van der Waals surface area (Å²) in [6.45, 7) is 4.60. The Kier molecular flexibility index (Phi) is 4.03. The fourth-order valence-electron chi connectivity index (χ4n) is 0.488. The molecule has 0 atom stereocenters. The normalized spacial score (nSPS) is 10.6. The second kappa shape index (κ2) is 4.28. The Hall–Kier alpha value is -0.570. The van der Waals surface area contributed by atoms with Crippen molar-refractivity contribution in [2.75, 3.05) is 20.6 Å². The van der Waals surface area contributed by atoms with Gasteiger partial charge in [-0.25, -0.2) is 0 Å². The third-order valence-electron chi connectivity index (χ3n) is 1.55. The first kappa shape index (κ1) is 9.43. The van der Waals surface area contributed by atoms with E-state index in [2.05, 4.69) is 19.2 Å². The van der Waals surface area contributed by atoms with E-state index in [1.165, 1.54) is 0 Å². The monoisotopic (exact) mass is 146 g/mol. The molecule has 0 aromatic rings. The highest BCUT2D eigenvalue weighted by atomic mass is 16.1. The summed E-state index contributed by atoms with van der Waals surface area (Å²) >= 11 is 0. The van der Waals surface area contributed by atoms with E-state index in [-0.39, 0.29) is 7.33 Å². The number of carbonyl (C=O) groups is 1. The molecule has 0 fully saturated rings. The summed E-state index contributed by atoms with van der Waals surface area (Å²) in [5.74, 6) is 0.0659. The zero-order valence-electron chi connectivity index (χ0n) is 7.14. The van der Waals surface area contributed by atoms with E-state index in [1.807, 2.05) is 11.9 Å². The molecular weight excluding hydrogens is 128 g/mol. The molecule has 10 heavy (non-hydrogen) atoms. The fraction of sp³-hybridized carbons (Fsp3) is 0.857. The van der Waals surface area contributed by atoms with Crippen molar-refractivity contribution in [3.8, 4) is 0 Å². The van der Waals surface area contributed by atoms with Crippen LogP contribution >= 0.6 is 0 Å². The average molecular weight is 146 g/mol. The number of rotatable bonds is 3. The van der Waals surface area contributed by atoms with Gasteiger partial charge in [-0.05, 0) is 20.9 Å². The number of amides is 1. The smallest absolute Gasteiger partial charge is 0.233 e. The summed E-state index contributed by atoms with van der Waals surface area (Å²) in [6, 6.07) is 0.428. The van der Waals surface area contributed by atoms with E-state index in [9.17, 15) is 4.79 Å². The molecule has 0 aliphatic rings. The van der Waals surface area contributed by atoms with Crippen LogP contribution in [0.1, 0.15) is 15.3 Å². The molecule has 0 bridgehead atoms. The summed E-state index contributed by atoms with van der Waals surface area (Å²) in [5.41, 5.74) is 0. The molecule has 0 saturated heterocycles. The first-order valence-electron chi connectivity index (χ1n) is 3.48. The van der Waals surface area contributed by atoms with Gasteiger partial charge in [0.2, 0.25) is 5.91 Å². The molecule has 0 spiro atoms. The van der Waals surface area contributed by atoms with E-state index in [1.54, 1.807) is 7.05 Å². The molecule has 0 unspecified atom stereocenters. The molecule has 0 aromatic carbocycles. The summed E-state index contributed by atoms with van der Waals surface area (Å²) < 4.78 is 0. The molecule has 0 aromatic heterocycles. The number of hydrogen-bond acceptors (Lipinski definition) is 2. The van der Waals surface area contributed by atoms with Gasteiger partial charge in [-0.3, -0.25) is 9.69 Å². The van der Waals surface area contributed by atoms with Crippen molar-refractivity contribution in [2.45, 2.75) is 19.9 Å². The molecule has 1 N–H and O–H groups in total. The van der Waals surface area contributed by atoms with E-state index in [0.717, 1.165) is 0 Å². The number of likely N-dealkylation sites (N-methyl/N-ethyl adjacent to an activating group) is 2. The summed E-state index contributed by atoms with van der Waals surface area (Å²) in [4.78, 5) is 12.8. The Labute approximate surface area is 63.9 Å². The van der Waals surface area contributed by atoms with Crippen LogP contribution in [-0.2, 0) is 4.79 Å². The SMILES string of the molecule is CNC(=O)CN(C)C(C)C.[HH]. The lowest BCUT2D eigenvalue weighted by Gasteiger charge is -2.19. The van der Waals surface area contributed by atoms with Crippen LogP contribution in [0.2, 0.25) is 0 Å². The number of nitrogens with zero attached hydrogens (tertiary/aromatic N) is 1. The summed E-state index contributed by atoms with van der Waals surface area (Å²) in [6.07, 6.45) is 0. The first-order chi connectivity index (χ1) is 4.57. The fourth-order valence-corrected chi connectivity index (χ4v) is 0.488. The van der Waals surface area contributed by atoms with Crippen molar-refractivity contribution in [1.82, 2.24) is 10.2 Å². The quantitative estimate of drug-likeness (QED) is 0.622. The highest BCUT2D eigenvalue weighted by Crippen LogP contribution is 1.90. The molecule has 62 valence electrons. The van der Waals surface area contributed by atoms with Gasteiger partial charge in [-0.2, -0.15) is 0 Å². The zero-order valence-corrected chi connectivity index (χ0v) is 7.14. The van der Waals surface area contributed by atoms with Gasteiger partial charge in [0, 0.05) is 14.5 Å². The van der Waals surface area contributed by atoms with Crippen LogP contribution in [0.15, 0.2) is 0 Å². The van der Waals surface area contributed by atoms with Gasteiger partial charge in [0.1, 0.15) is 0 Å². The molecule has 0 heterocycles. The number of hydrogen-bond donors (Lipinski definition) is 1. The lowest BCUT2D eigenvalue weighted by atomic mass is 10.3. The molecule has 1 amide bonds. The van der Waals surface area contributed by atoms with E-state index < -0.39 is 0 Å². The van der Waals surface area contributed by atoms with Crippen LogP contribution in [0.25, 0.3) is 0 Å². The van der Waals surface area contributed by atoms with Crippen molar-refractivity contribution in [2.24, 2.45) is 0 Å². The Bertz CT molecular complexity index is 117. The zero-order chi connectivity index (χ0) is 8.15. The van der Waals surface area contributed by atoms with Crippen molar-refractivity contribution in [3.63, 3.8) is 0 Å². The predicted octanol–water partition coefficient (Wildman–Crippen LogP) is 0.319. The Morgan fingerprint density at radius 3 is 2.50 bits per heavy atom. The van der Waals surface area contributed by atoms with Gasteiger partial charge in [0.15, 0.2) is 0 Å². The van der Waals surface area contributed by atoms with Crippen molar-refractivity contribution in [1.29, 1.82) is 0 Å². The van der Waals surface area contributed by atoms with Gasteiger partial charge in [-0.1, -0.05) is 0 Å². The van der Waals surface area contributed by atoms with Gasteiger partial charge >= 0.3 is 0 Å². The first-order valence-corrected chi connectivity index (χ1v) is 3.48. The third-order valence-corrected chi connectivity index (χ3v) is 1.55. The molecule has 0 radical (unpaired) electrons. The van der Waals surface area contributed by atoms with Crippen LogP contribution in [-0.4, -0.2) is 37.5 Å². The van der Waals surface area contributed by atoms with E-state index in [4.69, 9.17) is 0 Å². The van der Waals surface area contributed by atoms with E-state index in [0.29, 0.717) is 12.6 Å². The Morgan fingerprint density at radius 1 is 1.70 bits per heavy atom. The minimum absolute atomic E-state index is 0. The topological polar surface area (TPSA) is 32.3 Å². The highest BCUT2D eigenvalue weighted by molar-refractivity contribution is 5.77. The standard InChI is InChI=1S/C7H16N2O.H2/c1-6(2)9(4)5-7(10)8-3;/h6H,5H2,1-4H3,(H,8,10);1H. The summed E-state index contributed by atoms with van der Waals surface area (Å²) in [7, 11) is 3.58. The Morgan fingerprint density at radius 2 is 2.20 bits per heavy atom. The third kappa shape index (κ3) is 3.45. The lowest BCUT2D eigenvalue weighted by Crippen LogP contribution is -2.36. The maximum atomic E-state index is 10.8. The van der Waals surface area contributed by atoms with Crippen LogP contribution in [0.5, 0.6) is 0 Å². The maximum absolute atomic E-state index is 10.8. The highest BCUT2D eigenvalue weighted by Gasteiger charge is 2.06. The maximum Gasteiger partial charge on any atom is 0.233 e. The minimum Gasteiger partial charge on any atom is -0.358 e. The molecule has 0 aliphatic heterocycles. The van der Waals surface area contributed by atoms with Crippen LogP contribution < -0.4 is 5.32 Å². The van der Waals surface area contributed by atoms with Gasteiger partial charge in [0.05, 0.1) is 6.54 Å². The van der Waals surface area contributed by atoms with E-state index >= 15 is 0 Å². The minimum atomic E-state index is 0. The number of carbonyl (C=O) groups excluding carboxylic acids is 1. The summed E-state index contributed by atoms with van der Waals surface area (Å²) in [5, 5.41) is 2.57. The largest absolute Gasteiger partial charge is 0.358 e.